The predicted molar refractivity (Wildman–Crippen MR) is 96.7 cm³/mol. The molecule has 0 radical (unpaired) electrons. The Hall–Kier alpha value is -1.16. The summed E-state index contributed by atoms with van der Waals surface area (Å²) in [7, 11) is 0. The monoisotopic (exact) mass is 330 g/mol. The van der Waals surface area contributed by atoms with E-state index in [1.807, 2.05) is 6.07 Å². The molecule has 0 aliphatic heterocycles. The van der Waals surface area contributed by atoms with Crippen molar-refractivity contribution in [3.05, 3.63) is 47.5 Å². The lowest BCUT2D eigenvalue weighted by molar-refractivity contribution is -0.660. The lowest BCUT2D eigenvalue weighted by Crippen LogP contribution is -2.87. The number of rotatable bonds is 9. The van der Waals surface area contributed by atoms with Crippen molar-refractivity contribution >= 4 is 0 Å². The van der Waals surface area contributed by atoms with E-state index in [2.05, 4.69) is 49.5 Å². The van der Waals surface area contributed by atoms with Gasteiger partial charge in [0.1, 0.15) is 12.6 Å². The standard InChI is InChI=1S/C21H31NO2/c1-21(2)18-9-8-17(20(21)12-18)14-24-15-19(23)13-22-11-10-16-6-4-3-5-7-16/h3-8,18-20,22-23H,9-15H2,1-2H3/p+1/t18-,19-,20-/m1/s1. The third kappa shape index (κ3) is 4.08. The quantitative estimate of drug-likeness (QED) is 0.538. The smallest absolute Gasteiger partial charge is 0.126 e. The van der Waals surface area contributed by atoms with Crippen molar-refractivity contribution in [3.63, 3.8) is 0 Å². The minimum atomic E-state index is -0.382. The fourth-order valence-corrected chi connectivity index (χ4v) is 4.25. The molecule has 4 rings (SSSR count). The Morgan fingerprint density at radius 2 is 2.08 bits per heavy atom. The first-order valence-corrected chi connectivity index (χ1v) is 9.37. The van der Waals surface area contributed by atoms with Gasteiger partial charge in [-0.2, -0.15) is 0 Å². The molecule has 1 aromatic carbocycles. The highest BCUT2D eigenvalue weighted by atomic mass is 16.5. The van der Waals surface area contributed by atoms with Crippen molar-refractivity contribution in [1.82, 2.24) is 0 Å². The molecule has 3 heteroatoms. The molecule has 132 valence electrons. The number of allylic oxidation sites excluding steroid dienone is 1. The largest absolute Gasteiger partial charge is 0.385 e. The first kappa shape index (κ1) is 17.7. The van der Waals surface area contributed by atoms with Gasteiger partial charge in [0.15, 0.2) is 0 Å². The molecule has 0 amide bonds. The van der Waals surface area contributed by atoms with Crippen molar-refractivity contribution in [3.8, 4) is 0 Å². The van der Waals surface area contributed by atoms with Crippen molar-refractivity contribution in [1.29, 1.82) is 0 Å². The lowest BCUT2D eigenvalue weighted by atomic mass is 9.49. The first-order chi connectivity index (χ1) is 11.6. The number of ether oxygens (including phenoxy) is 1. The summed E-state index contributed by atoms with van der Waals surface area (Å²) in [6, 6.07) is 10.5. The number of hydrogen-bond donors (Lipinski definition) is 2. The van der Waals surface area contributed by atoms with E-state index in [-0.39, 0.29) is 6.10 Å². The fourth-order valence-electron chi connectivity index (χ4n) is 4.25. The van der Waals surface area contributed by atoms with Crippen molar-refractivity contribution in [2.24, 2.45) is 17.3 Å². The Kier molecular flexibility index (Phi) is 5.75. The molecule has 0 heterocycles. The Bertz CT molecular complexity index is 552. The zero-order valence-electron chi connectivity index (χ0n) is 15.1. The van der Waals surface area contributed by atoms with Gasteiger partial charge >= 0.3 is 0 Å². The fraction of sp³-hybridized carbons (Fsp3) is 0.619. The Morgan fingerprint density at radius 3 is 2.79 bits per heavy atom. The third-order valence-corrected chi connectivity index (χ3v) is 6.08. The van der Waals surface area contributed by atoms with Gasteiger partial charge in [-0.1, -0.05) is 50.3 Å². The molecule has 3 N–H and O–H groups in total. The van der Waals surface area contributed by atoms with Crippen LogP contribution in [-0.2, 0) is 11.2 Å². The summed E-state index contributed by atoms with van der Waals surface area (Å²) in [5.74, 6) is 1.57. The Morgan fingerprint density at radius 1 is 1.29 bits per heavy atom. The van der Waals surface area contributed by atoms with Crippen LogP contribution in [0.4, 0.5) is 0 Å². The molecule has 3 nitrogen and oxygen atoms in total. The van der Waals surface area contributed by atoms with Crippen molar-refractivity contribution in [2.75, 3.05) is 26.3 Å². The van der Waals surface area contributed by atoms with Crippen LogP contribution >= 0.6 is 0 Å². The van der Waals surface area contributed by atoms with Gasteiger partial charge in [-0.25, -0.2) is 0 Å². The second-order valence-electron chi connectivity index (χ2n) is 8.04. The molecule has 0 unspecified atom stereocenters. The van der Waals surface area contributed by atoms with E-state index in [1.165, 1.54) is 24.0 Å². The number of benzene rings is 1. The highest BCUT2D eigenvalue weighted by molar-refractivity contribution is 5.23. The van der Waals surface area contributed by atoms with Gasteiger partial charge in [-0.3, -0.25) is 0 Å². The van der Waals surface area contributed by atoms with E-state index in [0.29, 0.717) is 31.1 Å². The van der Waals surface area contributed by atoms with Gasteiger partial charge in [0.25, 0.3) is 0 Å². The minimum absolute atomic E-state index is 0.382. The van der Waals surface area contributed by atoms with Gasteiger partial charge in [-0.15, -0.1) is 0 Å². The Labute approximate surface area is 146 Å². The summed E-state index contributed by atoms with van der Waals surface area (Å²) in [6.45, 7) is 7.62. The molecule has 1 aromatic rings. The minimum Gasteiger partial charge on any atom is -0.385 e. The van der Waals surface area contributed by atoms with Crippen LogP contribution in [0.15, 0.2) is 42.0 Å². The summed E-state index contributed by atoms with van der Waals surface area (Å²) in [5.41, 5.74) is 3.27. The highest BCUT2D eigenvalue weighted by Gasteiger charge is 2.50. The Balaban J connectivity index is 1.28. The number of aliphatic hydroxyl groups is 1. The van der Waals surface area contributed by atoms with Gasteiger partial charge < -0.3 is 15.2 Å². The van der Waals surface area contributed by atoms with Gasteiger partial charge in [0.05, 0.1) is 19.8 Å². The molecule has 3 aliphatic carbocycles. The highest BCUT2D eigenvalue weighted by Crippen LogP contribution is 2.59. The van der Waals surface area contributed by atoms with Crippen LogP contribution in [0.1, 0.15) is 32.3 Å². The zero-order chi connectivity index (χ0) is 17.0. The van der Waals surface area contributed by atoms with Crippen molar-refractivity contribution < 1.29 is 15.2 Å². The SMILES string of the molecule is CC1(C)[C@@H]2CC=C(COC[C@H](O)C[NH2+]CCc3ccccc3)[C@H]1C2. The normalized spacial score (nSPS) is 25.7. The first-order valence-electron chi connectivity index (χ1n) is 9.37. The zero-order valence-corrected chi connectivity index (χ0v) is 15.1. The van der Waals surface area contributed by atoms with Gasteiger partial charge in [-0.05, 0) is 41.2 Å². The van der Waals surface area contributed by atoms with E-state index in [0.717, 1.165) is 18.9 Å². The second kappa shape index (κ2) is 7.81. The maximum atomic E-state index is 10.1. The van der Waals surface area contributed by atoms with Crippen LogP contribution in [-0.4, -0.2) is 37.5 Å². The van der Waals surface area contributed by atoms with Gasteiger partial charge in [0.2, 0.25) is 0 Å². The summed E-state index contributed by atoms with van der Waals surface area (Å²) in [6.07, 6.45) is 5.57. The molecule has 3 aliphatic rings. The summed E-state index contributed by atoms with van der Waals surface area (Å²) < 4.78 is 5.80. The number of hydrogen-bond acceptors (Lipinski definition) is 2. The number of fused-ring (bicyclic) bond motifs is 1. The van der Waals surface area contributed by atoms with Crippen LogP contribution in [0.3, 0.4) is 0 Å². The lowest BCUT2D eigenvalue weighted by Gasteiger charge is -2.56. The maximum absolute atomic E-state index is 10.1. The molecule has 0 saturated heterocycles. The van der Waals surface area contributed by atoms with Crippen molar-refractivity contribution in [2.45, 2.75) is 39.2 Å². The molecule has 1 saturated carbocycles. The molecular weight excluding hydrogens is 298 g/mol. The average Bonchev–Trinajstić information content (AvgIpc) is 2.59. The van der Waals surface area contributed by atoms with Crippen LogP contribution in [0, 0.1) is 17.3 Å². The predicted octanol–water partition coefficient (Wildman–Crippen LogP) is 2.16. The summed E-state index contributed by atoms with van der Waals surface area (Å²) >= 11 is 0. The number of nitrogens with two attached hydrogens (primary N) is 1. The van der Waals surface area contributed by atoms with E-state index in [4.69, 9.17) is 4.74 Å². The molecule has 2 bridgehead atoms. The molecule has 0 spiro atoms. The number of quaternary nitrogens is 1. The van der Waals surface area contributed by atoms with E-state index < -0.39 is 0 Å². The summed E-state index contributed by atoms with van der Waals surface area (Å²) in [5, 5.41) is 12.3. The van der Waals surface area contributed by atoms with E-state index >= 15 is 0 Å². The average molecular weight is 330 g/mol. The van der Waals surface area contributed by atoms with E-state index in [1.54, 1.807) is 0 Å². The molecule has 1 fully saturated rings. The van der Waals surface area contributed by atoms with Crippen LogP contribution < -0.4 is 5.32 Å². The molecule has 24 heavy (non-hydrogen) atoms. The molecule has 3 atom stereocenters. The maximum Gasteiger partial charge on any atom is 0.126 e. The van der Waals surface area contributed by atoms with Crippen LogP contribution in [0.25, 0.3) is 0 Å². The second-order valence-corrected chi connectivity index (χ2v) is 8.04. The van der Waals surface area contributed by atoms with Crippen LogP contribution in [0.5, 0.6) is 0 Å². The van der Waals surface area contributed by atoms with E-state index in [9.17, 15) is 5.11 Å². The van der Waals surface area contributed by atoms with Crippen LogP contribution in [0.2, 0.25) is 0 Å². The molecular formula is C21H32NO2+. The number of aliphatic hydroxyl groups excluding tert-OH is 1. The van der Waals surface area contributed by atoms with Gasteiger partial charge in [0, 0.05) is 6.42 Å². The topological polar surface area (TPSA) is 46.1 Å². The molecule has 0 aromatic heterocycles. The summed E-state index contributed by atoms with van der Waals surface area (Å²) in [4.78, 5) is 0. The third-order valence-electron chi connectivity index (χ3n) is 6.08.